The van der Waals surface area contributed by atoms with Crippen molar-refractivity contribution in [3.05, 3.63) is 30.1 Å². The van der Waals surface area contributed by atoms with E-state index in [4.69, 9.17) is 9.47 Å². The topological polar surface area (TPSA) is 54.9 Å². The molecule has 2 rings (SSSR count). The van der Waals surface area contributed by atoms with Crippen molar-refractivity contribution in [1.29, 1.82) is 0 Å². The first-order valence-electron chi connectivity index (χ1n) is 7.18. The molecule has 6 heteroatoms. The van der Waals surface area contributed by atoms with Gasteiger partial charge in [0.05, 0.1) is 38.1 Å². The van der Waals surface area contributed by atoms with Gasteiger partial charge in [-0.2, -0.15) is 0 Å². The Labute approximate surface area is 125 Å². The summed E-state index contributed by atoms with van der Waals surface area (Å²) < 4.78 is 10.6. The monoisotopic (exact) mass is 293 g/mol. The molecule has 21 heavy (non-hydrogen) atoms. The second kappa shape index (κ2) is 8.07. The van der Waals surface area contributed by atoms with Crippen molar-refractivity contribution >= 4 is 5.91 Å². The van der Waals surface area contributed by atoms with Gasteiger partial charge in [0, 0.05) is 26.4 Å². The molecule has 0 aliphatic carbocycles. The quantitative estimate of drug-likeness (QED) is 0.767. The molecule has 0 N–H and O–H groups in total. The Morgan fingerprint density at radius 1 is 1.48 bits per heavy atom. The van der Waals surface area contributed by atoms with Crippen molar-refractivity contribution in [2.75, 3.05) is 53.6 Å². The van der Waals surface area contributed by atoms with Crippen LogP contribution >= 0.6 is 0 Å². The van der Waals surface area contributed by atoms with E-state index in [2.05, 4.69) is 4.98 Å². The van der Waals surface area contributed by atoms with E-state index < -0.39 is 0 Å². The van der Waals surface area contributed by atoms with Gasteiger partial charge in [0.2, 0.25) is 5.91 Å². The van der Waals surface area contributed by atoms with E-state index in [-0.39, 0.29) is 11.9 Å². The molecular weight excluding hydrogens is 270 g/mol. The normalized spacial score (nSPS) is 17.0. The number of ether oxygens (including phenoxy) is 2. The molecule has 1 aliphatic heterocycles. The Balaban J connectivity index is 1.98. The fourth-order valence-electron chi connectivity index (χ4n) is 2.41. The zero-order valence-electron chi connectivity index (χ0n) is 12.7. The Morgan fingerprint density at radius 3 is 2.86 bits per heavy atom. The van der Waals surface area contributed by atoms with Crippen LogP contribution in [0.4, 0.5) is 0 Å². The van der Waals surface area contributed by atoms with Crippen LogP contribution in [0, 0.1) is 0 Å². The number of rotatable bonds is 6. The summed E-state index contributed by atoms with van der Waals surface area (Å²) in [5, 5.41) is 0. The minimum atomic E-state index is -0.0267. The smallest absolute Gasteiger partial charge is 0.236 e. The summed E-state index contributed by atoms with van der Waals surface area (Å²) in [6, 6.07) is 5.76. The number of hydrogen-bond acceptors (Lipinski definition) is 5. The first-order chi connectivity index (χ1) is 10.2. The second-order valence-electron chi connectivity index (χ2n) is 5.13. The van der Waals surface area contributed by atoms with E-state index in [1.807, 2.05) is 35.0 Å². The molecule has 2 heterocycles. The molecular formula is C15H23N3O3. The lowest BCUT2D eigenvalue weighted by atomic mass is 10.1. The van der Waals surface area contributed by atoms with Gasteiger partial charge in [-0.25, -0.2) is 0 Å². The molecule has 0 saturated carbocycles. The van der Waals surface area contributed by atoms with Crippen molar-refractivity contribution in [2.24, 2.45) is 0 Å². The highest BCUT2D eigenvalue weighted by Gasteiger charge is 2.23. The average molecular weight is 293 g/mol. The second-order valence-corrected chi connectivity index (χ2v) is 5.13. The number of nitrogens with zero attached hydrogens (tertiary/aromatic N) is 3. The summed E-state index contributed by atoms with van der Waals surface area (Å²) in [5.41, 5.74) is 0.914. The Kier molecular flexibility index (Phi) is 6.10. The molecule has 1 amide bonds. The maximum atomic E-state index is 12.3. The highest BCUT2D eigenvalue weighted by Crippen LogP contribution is 2.17. The fraction of sp³-hybridized carbons (Fsp3) is 0.600. The third kappa shape index (κ3) is 4.49. The number of methoxy groups -OCH3 is 1. The maximum absolute atomic E-state index is 12.3. The summed E-state index contributed by atoms with van der Waals surface area (Å²) in [6.07, 6.45) is 1.76. The van der Waals surface area contributed by atoms with E-state index in [1.165, 1.54) is 0 Å². The van der Waals surface area contributed by atoms with Crippen LogP contribution in [0.5, 0.6) is 0 Å². The first kappa shape index (κ1) is 15.9. The third-order valence-corrected chi connectivity index (χ3v) is 3.63. The summed E-state index contributed by atoms with van der Waals surface area (Å²) in [4.78, 5) is 20.5. The van der Waals surface area contributed by atoms with E-state index in [9.17, 15) is 4.79 Å². The highest BCUT2D eigenvalue weighted by atomic mass is 16.5. The number of carbonyl (C=O) groups is 1. The maximum Gasteiger partial charge on any atom is 0.236 e. The summed E-state index contributed by atoms with van der Waals surface area (Å²) in [5.74, 6) is 0.123. The molecule has 1 fully saturated rings. The van der Waals surface area contributed by atoms with Crippen molar-refractivity contribution in [2.45, 2.75) is 6.04 Å². The lowest BCUT2D eigenvalue weighted by molar-refractivity contribution is -0.137. The van der Waals surface area contributed by atoms with Crippen LogP contribution in [0.1, 0.15) is 11.7 Å². The van der Waals surface area contributed by atoms with Crippen LogP contribution in [-0.4, -0.2) is 74.3 Å². The lowest BCUT2D eigenvalue weighted by Crippen LogP contribution is -2.46. The SMILES string of the molecule is COC[C@H](c1ccccn1)N(C)CC(=O)N1CCOCC1. The molecule has 6 nitrogen and oxygen atoms in total. The van der Waals surface area contributed by atoms with Crippen LogP contribution in [0.25, 0.3) is 0 Å². The van der Waals surface area contributed by atoms with Crippen LogP contribution in [-0.2, 0) is 14.3 Å². The molecule has 1 saturated heterocycles. The number of hydrogen-bond donors (Lipinski definition) is 0. The molecule has 1 aromatic heterocycles. The number of amides is 1. The van der Waals surface area contributed by atoms with Crippen LogP contribution in [0.15, 0.2) is 24.4 Å². The van der Waals surface area contributed by atoms with Gasteiger partial charge in [0.1, 0.15) is 0 Å². The molecule has 0 bridgehead atoms. The number of aromatic nitrogens is 1. The number of carbonyl (C=O) groups excluding carboxylic acids is 1. The van der Waals surface area contributed by atoms with Crippen LogP contribution in [0.2, 0.25) is 0 Å². The number of likely N-dealkylation sites (N-methyl/N-ethyl adjacent to an activating group) is 1. The minimum absolute atomic E-state index is 0.0267. The molecule has 0 aromatic carbocycles. The molecule has 116 valence electrons. The van der Waals surface area contributed by atoms with Crippen molar-refractivity contribution in [3.8, 4) is 0 Å². The predicted octanol–water partition coefficient (Wildman–Crippen LogP) is 0.560. The van der Waals surface area contributed by atoms with E-state index in [0.717, 1.165) is 5.69 Å². The molecule has 1 aliphatic rings. The number of morpholine rings is 1. The standard InChI is InChI=1S/C15H23N3O3/c1-17(11-15(19)18-7-9-21-10-8-18)14(12-20-2)13-5-3-4-6-16-13/h3-6,14H,7-12H2,1-2H3/t14-/m1/s1. The van der Waals surface area contributed by atoms with Crippen molar-refractivity contribution in [1.82, 2.24) is 14.8 Å². The van der Waals surface area contributed by atoms with Gasteiger partial charge in [-0.1, -0.05) is 6.07 Å². The predicted molar refractivity (Wildman–Crippen MR) is 78.9 cm³/mol. The van der Waals surface area contributed by atoms with E-state index >= 15 is 0 Å². The average Bonchev–Trinajstić information content (AvgIpc) is 2.54. The fourth-order valence-corrected chi connectivity index (χ4v) is 2.41. The van der Waals surface area contributed by atoms with Crippen LogP contribution in [0.3, 0.4) is 0 Å². The van der Waals surface area contributed by atoms with Gasteiger partial charge in [0.25, 0.3) is 0 Å². The first-order valence-corrected chi connectivity index (χ1v) is 7.18. The van der Waals surface area contributed by atoms with Crippen molar-refractivity contribution in [3.63, 3.8) is 0 Å². The van der Waals surface area contributed by atoms with Gasteiger partial charge >= 0.3 is 0 Å². The molecule has 1 aromatic rings. The van der Waals surface area contributed by atoms with E-state index in [1.54, 1.807) is 13.3 Å². The van der Waals surface area contributed by atoms with Crippen LogP contribution < -0.4 is 0 Å². The molecule has 0 spiro atoms. The van der Waals surface area contributed by atoms with Gasteiger partial charge in [0.15, 0.2) is 0 Å². The molecule has 1 atom stereocenters. The Bertz CT molecular complexity index is 435. The van der Waals surface area contributed by atoms with E-state index in [0.29, 0.717) is 39.5 Å². The van der Waals surface area contributed by atoms with Crippen molar-refractivity contribution < 1.29 is 14.3 Å². The summed E-state index contributed by atoms with van der Waals surface area (Å²) in [7, 11) is 3.59. The zero-order chi connectivity index (χ0) is 15.1. The third-order valence-electron chi connectivity index (χ3n) is 3.63. The zero-order valence-corrected chi connectivity index (χ0v) is 12.7. The molecule has 0 radical (unpaired) electrons. The Hall–Kier alpha value is -1.50. The van der Waals surface area contributed by atoms with Gasteiger partial charge in [-0.15, -0.1) is 0 Å². The largest absolute Gasteiger partial charge is 0.383 e. The molecule has 0 unspecified atom stereocenters. The van der Waals surface area contributed by atoms with Gasteiger partial charge in [-0.05, 0) is 19.2 Å². The lowest BCUT2D eigenvalue weighted by Gasteiger charge is -2.31. The number of pyridine rings is 1. The summed E-state index contributed by atoms with van der Waals surface area (Å²) in [6.45, 7) is 3.44. The minimum Gasteiger partial charge on any atom is -0.383 e. The van der Waals surface area contributed by atoms with Gasteiger partial charge in [-0.3, -0.25) is 14.7 Å². The summed E-state index contributed by atoms with van der Waals surface area (Å²) >= 11 is 0. The van der Waals surface area contributed by atoms with Gasteiger partial charge < -0.3 is 14.4 Å². The Morgan fingerprint density at radius 2 is 2.24 bits per heavy atom. The highest BCUT2D eigenvalue weighted by molar-refractivity contribution is 5.78.